The molecule has 0 aromatic heterocycles. The van der Waals surface area contributed by atoms with Gasteiger partial charge in [0.05, 0.1) is 0 Å². The van der Waals surface area contributed by atoms with Crippen molar-refractivity contribution in [2.45, 2.75) is 45.2 Å². The van der Waals surface area contributed by atoms with Gasteiger partial charge in [-0.2, -0.15) is 0 Å². The van der Waals surface area contributed by atoms with Gasteiger partial charge < -0.3 is 5.32 Å². The second-order valence-corrected chi connectivity index (χ2v) is 7.05. The van der Waals surface area contributed by atoms with E-state index in [2.05, 4.69) is 52.4 Å². The molecule has 0 aliphatic heterocycles. The summed E-state index contributed by atoms with van der Waals surface area (Å²) < 4.78 is 1.16. The summed E-state index contributed by atoms with van der Waals surface area (Å²) in [5.41, 5.74) is 1.38. The summed E-state index contributed by atoms with van der Waals surface area (Å²) in [5, 5.41) is 3.73. The molecule has 4 atom stereocenters. The van der Waals surface area contributed by atoms with Gasteiger partial charge in [0.15, 0.2) is 0 Å². The van der Waals surface area contributed by atoms with Crippen molar-refractivity contribution in [3.05, 3.63) is 34.3 Å². The van der Waals surface area contributed by atoms with E-state index in [4.69, 9.17) is 0 Å². The Hall–Kier alpha value is -0.340. The van der Waals surface area contributed by atoms with Gasteiger partial charge >= 0.3 is 0 Å². The summed E-state index contributed by atoms with van der Waals surface area (Å²) >= 11 is 3.48. The maximum absolute atomic E-state index is 3.73. The minimum absolute atomic E-state index is 0.670. The molecule has 3 rings (SSSR count). The van der Waals surface area contributed by atoms with Crippen molar-refractivity contribution in [2.24, 2.45) is 17.8 Å². The fourth-order valence-electron chi connectivity index (χ4n) is 3.94. The van der Waals surface area contributed by atoms with Crippen molar-refractivity contribution < 1.29 is 0 Å². The molecule has 2 bridgehead atoms. The molecule has 1 nitrogen and oxygen atoms in total. The fraction of sp³-hybridized carbons (Fsp3) is 0.625. The van der Waals surface area contributed by atoms with Crippen LogP contribution in [0.3, 0.4) is 0 Å². The minimum Gasteiger partial charge on any atom is -0.310 e. The van der Waals surface area contributed by atoms with Crippen LogP contribution in [0.1, 0.15) is 38.2 Å². The summed E-state index contributed by atoms with van der Waals surface area (Å²) in [5.74, 6) is 3.00. The highest BCUT2D eigenvalue weighted by Gasteiger charge is 2.41. The average Bonchev–Trinajstić information content (AvgIpc) is 3.00. The molecule has 2 heteroatoms. The molecule has 0 heterocycles. The van der Waals surface area contributed by atoms with E-state index in [0.717, 1.165) is 28.8 Å². The number of rotatable bonds is 4. The Morgan fingerprint density at radius 1 is 1.22 bits per heavy atom. The van der Waals surface area contributed by atoms with Gasteiger partial charge in [-0.1, -0.05) is 34.5 Å². The molecule has 18 heavy (non-hydrogen) atoms. The van der Waals surface area contributed by atoms with Gasteiger partial charge in [0.2, 0.25) is 0 Å². The minimum atomic E-state index is 0.670. The van der Waals surface area contributed by atoms with E-state index in [-0.39, 0.29) is 0 Å². The summed E-state index contributed by atoms with van der Waals surface area (Å²) in [7, 11) is 0. The third kappa shape index (κ3) is 2.65. The van der Waals surface area contributed by atoms with Crippen LogP contribution in [0, 0.1) is 17.8 Å². The molecule has 2 aliphatic carbocycles. The van der Waals surface area contributed by atoms with Crippen LogP contribution in [0.5, 0.6) is 0 Å². The van der Waals surface area contributed by atoms with Crippen LogP contribution < -0.4 is 5.32 Å². The van der Waals surface area contributed by atoms with E-state index in [1.54, 1.807) is 0 Å². The van der Waals surface area contributed by atoms with Crippen molar-refractivity contribution in [3.63, 3.8) is 0 Å². The third-order valence-corrected chi connectivity index (χ3v) is 5.51. The first-order chi connectivity index (χ1) is 8.72. The van der Waals surface area contributed by atoms with Crippen molar-refractivity contribution in [1.29, 1.82) is 0 Å². The van der Waals surface area contributed by atoms with Gasteiger partial charge in [-0.05, 0) is 61.6 Å². The van der Waals surface area contributed by atoms with Crippen LogP contribution in [0.15, 0.2) is 28.7 Å². The van der Waals surface area contributed by atoms with Gasteiger partial charge in [0, 0.05) is 17.1 Å². The number of hydrogen-bond donors (Lipinski definition) is 1. The van der Waals surface area contributed by atoms with E-state index in [0.29, 0.717) is 6.04 Å². The SMILES string of the molecule is C[C@H](NCc1ccc(Br)cc1)[C@H]1C[C@H]2CC[C@H]1C2. The highest BCUT2D eigenvalue weighted by Crippen LogP contribution is 2.49. The smallest absolute Gasteiger partial charge is 0.0208 e. The first-order valence-corrected chi connectivity index (χ1v) is 7.99. The molecule has 2 aliphatic rings. The maximum Gasteiger partial charge on any atom is 0.0208 e. The lowest BCUT2D eigenvalue weighted by Gasteiger charge is -2.28. The Bertz CT molecular complexity index is 400. The fourth-order valence-corrected chi connectivity index (χ4v) is 4.20. The summed E-state index contributed by atoms with van der Waals surface area (Å²) in [4.78, 5) is 0. The first-order valence-electron chi connectivity index (χ1n) is 7.20. The number of fused-ring (bicyclic) bond motifs is 2. The molecule has 2 fully saturated rings. The lowest BCUT2D eigenvalue weighted by Crippen LogP contribution is -2.35. The lowest BCUT2D eigenvalue weighted by atomic mass is 9.84. The molecule has 0 spiro atoms. The van der Waals surface area contributed by atoms with Gasteiger partial charge in [-0.3, -0.25) is 0 Å². The molecule has 98 valence electrons. The maximum atomic E-state index is 3.73. The van der Waals surface area contributed by atoms with Crippen LogP contribution in [-0.4, -0.2) is 6.04 Å². The standard InChI is InChI=1S/C16H22BrN/c1-11(16-9-13-2-5-14(16)8-13)18-10-12-3-6-15(17)7-4-12/h3-4,6-7,11,13-14,16,18H,2,5,8-10H2,1H3/t11-,13-,14-,16+/m0/s1. The molecule has 2 saturated carbocycles. The molecule has 0 unspecified atom stereocenters. The Morgan fingerprint density at radius 3 is 2.61 bits per heavy atom. The monoisotopic (exact) mass is 307 g/mol. The van der Waals surface area contributed by atoms with E-state index < -0.39 is 0 Å². The van der Waals surface area contributed by atoms with E-state index in [1.807, 2.05) is 0 Å². The zero-order chi connectivity index (χ0) is 12.5. The topological polar surface area (TPSA) is 12.0 Å². The zero-order valence-corrected chi connectivity index (χ0v) is 12.6. The zero-order valence-electron chi connectivity index (χ0n) is 11.0. The van der Waals surface area contributed by atoms with E-state index in [9.17, 15) is 0 Å². The van der Waals surface area contributed by atoms with Crippen molar-refractivity contribution in [1.82, 2.24) is 5.32 Å². The Morgan fingerprint density at radius 2 is 2.00 bits per heavy atom. The largest absolute Gasteiger partial charge is 0.310 e. The molecular formula is C16H22BrN. The van der Waals surface area contributed by atoms with E-state index >= 15 is 0 Å². The van der Waals surface area contributed by atoms with Crippen molar-refractivity contribution >= 4 is 15.9 Å². The van der Waals surface area contributed by atoms with Crippen LogP contribution in [-0.2, 0) is 6.54 Å². The molecule has 0 amide bonds. The van der Waals surface area contributed by atoms with Gasteiger partial charge in [0.25, 0.3) is 0 Å². The molecular weight excluding hydrogens is 286 g/mol. The van der Waals surface area contributed by atoms with Gasteiger partial charge in [-0.25, -0.2) is 0 Å². The Labute approximate surface area is 118 Å². The first kappa shape index (κ1) is 12.7. The second kappa shape index (κ2) is 5.34. The normalized spacial score (nSPS) is 31.8. The quantitative estimate of drug-likeness (QED) is 0.871. The number of benzene rings is 1. The van der Waals surface area contributed by atoms with Crippen LogP contribution >= 0.6 is 15.9 Å². The van der Waals surface area contributed by atoms with E-state index in [1.165, 1.54) is 31.2 Å². The van der Waals surface area contributed by atoms with Crippen LogP contribution in [0.25, 0.3) is 0 Å². The average molecular weight is 308 g/mol. The summed E-state index contributed by atoms with van der Waals surface area (Å²) in [6, 6.07) is 9.32. The summed E-state index contributed by atoms with van der Waals surface area (Å²) in [6.07, 6.45) is 5.97. The van der Waals surface area contributed by atoms with Gasteiger partial charge in [-0.15, -0.1) is 0 Å². The highest BCUT2D eigenvalue weighted by atomic mass is 79.9. The molecule has 1 N–H and O–H groups in total. The second-order valence-electron chi connectivity index (χ2n) is 6.13. The number of nitrogens with one attached hydrogen (secondary N) is 1. The Kier molecular flexibility index (Phi) is 3.76. The molecule has 0 radical (unpaired) electrons. The van der Waals surface area contributed by atoms with Crippen LogP contribution in [0.2, 0.25) is 0 Å². The van der Waals surface area contributed by atoms with Crippen molar-refractivity contribution in [2.75, 3.05) is 0 Å². The number of hydrogen-bond acceptors (Lipinski definition) is 1. The predicted molar refractivity (Wildman–Crippen MR) is 79.4 cm³/mol. The lowest BCUT2D eigenvalue weighted by molar-refractivity contribution is 0.259. The molecule has 0 saturated heterocycles. The molecule has 1 aromatic carbocycles. The van der Waals surface area contributed by atoms with Crippen LogP contribution in [0.4, 0.5) is 0 Å². The third-order valence-electron chi connectivity index (χ3n) is 4.98. The van der Waals surface area contributed by atoms with Gasteiger partial charge in [0.1, 0.15) is 0 Å². The van der Waals surface area contributed by atoms with Crippen molar-refractivity contribution in [3.8, 4) is 0 Å². The number of halogens is 1. The Balaban J connectivity index is 1.52. The molecule has 1 aromatic rings. The predicted octanol–water partition coefficient (Wildman–Crippen LogP) is 4.36. The summed E-state index contributed by atoms with van der Waals surface area (Å²) in [6.45, 7) is 3.38. The highest BCUT2D eigenvalue weighted by molar-refractivity contribution is 9.10.